The summed E-state index contributed by atoms with van der Waals surface area (Å²) in [6.07, 6.45) is 2.09. The molecule has 0 spiro atoms. The quantitative estimate of drug-likeness (QED) is 0.359. The molecule has 1 atom stereocenters. The van der Waals surface area contributed by atoms with E-state index >= 15 is 0 Å². The summed E-state index contributed by atoms with van der Waals surface area (Å²) in [5.74, 6) is -2.53. The molecule has 0 saturated heterocycles. The smallest absolute Gasteiger partial charge is 0.407 e. The number of nitrogens with zero attached hydrogens (tertiary/aromatic N) is 1. The number of carbonyl (C=O) groups excluding carboxylic acids is 3. The van der Waals surface area contributed by atoms with E-state index in [1.807, 2.05) is 6.07 Å². The summed E-state index contributed by atoms with van der Waals surface area (Å²) in [5.41, 5.74) is 1.34. The molecule has 154 valence electrons. The van der Waals surface area contributed by atoms with Gasteiger partial charge in [0.2, 0.25) is 11.8 Å². The van der Waals surface area contributed by atoms with Crippen LogP contribution in [0.3, 0.4) is 0 Å². The lowest BCUT2D eigenvalue weighted by molar-refractivity contribution is -0.141. The molecule has 0 bridgehead atoms. The molecule has 11 heteroatoms. The molecule has 1 aromatic heterocycles. The molecular formula is C18H21N5O6. The first-order valence-electron chi connectivity index (χ1n) is 8.64. The van der Waals surface area contributed by atoms with Crippen molar-refractivity contribution in [2.45, 2.75) is 19.1 Å². The number of carbonyl (C=O) groups is 4. The van der Waals surface area contributed by atoms with Gasteiger partial charge in [-0.25, -0.2) is 14.6 Å². The maximum Gasteiger partial charge on any atom is 0.407 e. The molecule has 0 aliphatic rings. The zero-order valence-corrected chi connectivity index (χ0v) is 15.4. The van der Waals surface area contributed by atoms with Gasteiger partial charge >= 0.3 is 12.1 Å². The van der Waals surface area contributed by atoms with Gasteiger partial charge in [-0.05, 0) is 5.56 Å². The molecule has 0 radical (unpaired) electrons. The molecule has 0 aliphatic carbocycles. The van der Waals surface area contributed by atoms with Crippen molar-refractivity contribution in [1.29, 1.82) is 0 Å². The minimum atomic E-state index is -1.22. The third-order valence-electron chi connectivity index (χ3n) is 3.66. The Balaban J connectivity index is 1.64. The van der Waals surface area contributed by atoms with Crippen molar-refractivity contribution in [3.8, 4) is 0 Å². The van der Waals surface area contributed by atoms with Crippen molar-refractivity contribution in [2.75, 3.05) is 13.1 Å². The van der Waals surface area contributed by atoms with E-state index in [9.17, 15) is 24.3 Å². The average molecular weight is 403 g/mol. The molecule has 2 aromatic rings. The summed E-state index contributed by atoms with van der Waals surface area (Å²) >= 11 is 0. The van der Waals surface area contributed by atoms with Crippen molar-refractivity contribution >= 4 is 23.9 Å². The fourth-order valence-corrected chi connectivity index (χ4v) is 2.23. The number of benzene rings is 1. The third-order valence-corrected chi connectivity index (χ3v) is 3.66. The Bertz CT molecular complexity index is 825. The predicted octanol–water partition coefficient (Wildman–Crippen LogP) is -0.436. The highest BCUT2D eigenvalue weighted by Gasteiger charge is 2.21. The van der Waals surface area contributed by atoms with Crippen LogP contribution >= 0.6 is 0 Å². The van der Waals surface area contributed by atoms with E-state index in [4.69, 9.17) is 4.74 Å². The average Bonchev–Trinajstić information content (AvgIpc) is 3.22. The largest absolute Gasteiger partial charge is 0.480 e. The highest BCUT2D eigenvalue weighted by Crippen LogP contribution is 2.00. The number of carboxylic acids is 1. The van der Waals surface area contributed by atoms with Gasteiger partial charge in [-0.1, -0.05) is 30.3 Å². The first kappa shape index (κ1) is 21.4. The van der Waals surface area contributed by atoms with Crippen LogP contribution in [0.4, 0.5) is 4.79 Å². The number of aliphatic carboxylic acids is 1. The highest BCUT2D eigenvalue weighted by atomic mass is 16.5. The van der Waals surface area contributed by atoms with E-state index in [1.54, 1.807) is 24.3 Å². The zero-order valence-electron chi connectivity index (χ0n) is 15.4. The first-order valence-corrected chi connectivity index (χ1v) is 8.64. The Morgan fingerprint density at radius 2 is 1.79 bits per heavy atom. The van der Waals surface area contributed by atoms with E-state index in [-0.39, 0.29) is 13.0 Å². The molecule has 1 unspecified atom stereocenters. The highest BCUT2D eigenvalue weighted by molar-refractivity contribution is 5.89. The molecule has 5 N–H and O–H groups in total. The summed E-state index contributed by atoms with van der Waals surface area (Å²) in [4.78, 5) is 52.9. The van der Waals surface area contributed by atoms with Gasteiger partial charge in [-0.3, -0.25) is 9.59 Å². The minimum Gasteiger partial charge on any atom is -0.480 e. The predicted molar refractivity (Wildman–Crippen MR) is 99.5 cm³/mol. The van der Waals surface area contributed by atoms with Gasteiger partial charge in [-0.15, -0.1) is 0 Å². The summed E-state index contributed by atoms with van der Waals surface area (Å²) in [7, 11) is 0. The van der Waals surface area contributed by atoms with Crippen LogP contribution in [0, 0.1) is 0 Å². The van der Waals surface area contributed by atoms with Crippen LogP contribution in [0.15, 0.2) is 42.9 Å². The number of amides is 3. The van der Waals surface area contributed by atoms with E-state index in [0.29, 0.717) is 5.69 Å². The van der Waals surface area contributed by atoms with E-state index in [0.717, 1.165) is 5.56 Å². The number of nitrogens with one attached hydrogen (secondary N) is 4. The number of aromatic amines is 1. The monoisotopic (exact) mass is 403 g/mol. The normalized spacial score (nSPS) is 11.2. The number of hydrogen-bond acceptors (Lipinski definition) is 6. The van der Waals surface area contributed by atoms with Crippen molar-refractivity contribution < 1.29 is 29.0 Å². The molecule has 29 heavy (non-hydrogen) atoms. The van der Waals surface area contributed by atoms with Crippen molar-refractivity contribution in [3.63, 3.8) is 0 Å². The Hall–Kier alpha value is -3.89. The molecule has 0 aliphatic heterocycles. The number of ether oxygens (including phenoxy) is 1. The molecule has 1 aromatic carbocycles. The molecule has 0 saturated carbocycles. The van der Waals surface area contributed by atoms with Gasteiger partial charge in [0, 0.05) is 18.3 Å². The van der Waals surface area contributed by atoms with Crippen LogP contribution < -0.4 is 16.0 Å². The maximum absolute atomic E-state index is 11.9. The molecule has 11 nitrogen and oxygen atoms in total. The Morgan fingerprint density at radius 1 is 1.07 bits per heavy atom. The van der Waals surface area contributed by atoms with Gasteiger partial charge < -0.3 is 30.8 Å². The summed E-state index contributed by atoms with van der Waals surface area (Å²) in [5, 5.41) is 16.0. The van der Waals surface area contributed by atoms with Crippen molar-refractivity contribution in [3.05, 3.63) is 54.1 Å². The first-order chi connectivity index (χ1) is 13.9. The fourth-order valence-electron chi connectivity index (χ4n) is 2.23. The fraction of sp³-hybridized carbons (Fsp3) is 0.278. The van der Waals surface area contributed by atoms with Crippen LogP contribution in [0.25, 0.3) is 0 Å². The summed E-state index contributed by atoms with van der Waals surface area (Å²) in [6.45, 7) is -0.770. The standard InChI is InChI=1S/C18H21N5O6/c24-15(8-21-18(28)29-10-12-4-2-1-3-5-12)20-9-16(25)23-14(17(26)27)6-13-7-19-11-22-13/h1-5,7,11,14H,6,8-10H2,(H,19,22)(H,20,24)(H,21,28)(H,23,25)(H,26,27). The summed E-state index contributed by atoms with van der Waals surface area (Å²) < 4.78 is 4.95. The van der Waals surface area contributed by atoms with Crippen LogP contribution in [0.1, 0.15) is 11.3 Å². The lowest BCUT2D eigenvalue weighted by Gasteiger charge is -2.14. The minimum absolute atomic E-state index is 0.0177. The van der Waals surface area contributed by atoms with Gasteiger partial charge in [0.1, 0.15) is 19.2 Å². The topological polar surface area (TPSA) is 163 Å². The van der Waals surface area contributed by atoms with E-state index in [2.05, 4.69) is 25.9 Å². The number of H-pyrrole nitrogens is 1. The van der Waals surface area contributed by atoms with Gasteiger partial charge in [0.15, 0.2) is 0 Å². The van der Waals surface area contributed by atoms with Crippen LogP contribution in [0.2, 0.25) is 0 Å². The Labute approximate surface area is 165 Å². The van der Waals surface area contributed by atoms with Crippen LogP contribution in [0.5, 0.6) is 0 Å². The van der Waals surface area contributed by atoms with Crippen molar-refractivity contribution in [1.82, 2.24) is 25.9 Å². The van der Waals surface area contributed by atoms with Gasteiger partial charge in [-0.2, -0.15) is 0 Å². The number of alkyl carbamates (subject to hydrolysis) is 1. The summed E-state index contributed by atoms with van der Waals surface area (Å²) in [6, 6.07) is 7.84. The zero-order chi connectivity index (χ0) is 21.1. The van der Waals surface area contributed by atoms with Crippen molar-refractivity contribution in [2.24, 2.45) is 0 Å². The maximum atomic E-state index is 11.9. The molecule has 3 amide bonds. The second-order valence-corrected chi connectivity index (χ2v) is 5.93. The van der Waals surface area contributed by atoms with E-state index < -0.39 is 43.0 Å². The second kappa shape index (κ2) is 11.1. The third kappa shape index (κ3) is 8.12. The lowest BCUT2D eigenvalue weighted by atomic mass is 10.1. The SMILES string of the molecule is O=C(CNC(=O)OCc1ccccc1)NCC(=O)NC(Cc1cnc[nH]1)C(=O)O. The Kier molecular flexibility index (Phi) is 8.17. The molecule has 0 fully saturated rings. The molecule has 1 heterocycles. The lowest BCUT2D eigenvalue weighted by Crippen LogP contribution is -2.47. The number of hydrogen-bond donors (Lipinski definition) is 5. The Morgan fingerprint density at radius 3 is 2.45 bits per heavy atom. The van der Waals surface area contributed by atoms with E-state index in [1.165, 1.54) is 12.5 Å². The molecular weight excluding hydrogens is 382 g/mol. The van der Waals surface area contributed by atoms with Gasteiger partial charge in [0.05, 0.1) is 12.9 Å². The van der Waals surface area contributed by atoms with Crippen LogP contribution in [-0.4, -0.2) is 58.1 Å². The van der Waals surface area contributed by atoms with Crippen LogP contribution in [-0.2, 0) is 32.1 Å². The van der Waals surface area contributed by atoms with Gasteiger partial charge in [0.25, 0.3) is 0 Å². The number of carboxylic acid groups (broad SMARTS) is 1. The number of imidazole rings is 1. The number of aromatic nitrogens is 2. The second-order valence-electron chi connectivity index (χ2n) is 5.93. The number of rotatable bonds is 10. The molecule has 2 rings (SSSR count).